The number of benzene rings is 1. The summed E-state index contributed by atoms with van der Waals surface area (Å²) in [6.45, 7) is 6.27. The normalized spacial score (nSPS) is 11.7. The highest BCUT2D eigenvalue weighted by atomic mass is 16.1. The van der Waals surface area contributed by atoms with Crippen LogP contribution in [0, 0.1) is 0 Å². The van der Waals surface area contributed by atoms with Crippen molar-refractivity contribution >= 4 is 16.6 Å². The lowest BCUT2D eigenvalue weighted by atomic mass is 9.90. The molecule has 3 aromatic heterocycles. The smallest absolute Gasteiger partial charge is 0.168 e. The molecule has 3 heterocycles. The lowest BCUT2D eigenvalue weighted by Gasteiger charge is -2.18. The number of pyridine rings is 2. The highest BCUT2D eigenvalue weighted by Crippen LogP contribution is 2.25. The van der Waals surface area contributed by atoms with Crippen LogP contribution in [0.4, 0.5) is 0 Å². The summed E-state index contributed by atoms with van der Waals surface area (Å²) in [5.41, 5.74) is 4.39. The Bertz CT molecular complexity index is 1200. The van der Waals surface area contributed by atoms with E-state index in [9.17, 15) is 4.79 Å². The molecule has 5 nitrogen and oxygen atoms in total. The van der Waals surface area contributed by atoms with Gasteiger partial charge >= 0.3 is 0 Å². The van der Waals surface area contributed by atoms with Gasteiger partial charge in [0.15, 0.2) is 5.78 Å². The van der Waals surface area contributed by atoms with E-state index in [4.69, 9.17) is 0 Å². The Morgan fingerprint density at radius 2 is 1.83 bits per heavy atom. The number of fused-ring (bicyclic) bond motifs is 1. The van der Waals surface area contributed by atoms with Gasteiger partial charge < -0.3 is 4.57 Å². The number of ketones is 1. The molecule has 4 aromatic rings. The maximum absolute atomic E-state index is 12.8. The first-order valence-corrected chi connectivity index (χ1v) is 9.66. The summed E-state index contributed by atoms with van der Waals surface area (Å²) in [6.07, 6.45) is 7.44. The first kappa shape index (κ1) is 19.0. The fourth-order valence-corrected chi connectivity index (χ4v) is 3.36. The maximum atomic E-state index is 12.8. The summed E-state index contributed by atoms with van der Waals surface area (Å²) in [4.78, 5) is 25.9. The first-order valence-electron chi connectivity index (χ1n) is 9.66. The largest absolute Gasteiger partial charge is 0.334 e. The predicted octanol–water partition coefficient (Wildman–Crippen LogP) is 4.75. The zero-order valence-electron chi connectivity index (χ0n) is 17.2. The molecule has 0 N–H and O–H groups in total. The number of hydrogen-bond acceptors (Lipinski definition) is 4. The van der Waals surface area contributed by atoms with E-state index in [1.54, 1.807) is 18.6 Å². The third-order valence-electron chi connectivity index (χ3n) is 5.08. The number of carbonyl (C=O) groups excluding carboxylic acids is 1. The van der Waals surface area contributed by atoms with Crippen molar-refractivity contribution in [3.8, 4) is 11.3 Å². The number of hydrogen-bond donors (Lipinski definition) is 0. The molecule has 0 spiro atoms. The van der Waals surface area contributed by atoms with Gasteiger partial charge in [0.05, 0.1) is 24.6 Å². The highest BCUT2D eigenvalue weighted by Gasteiger charge is 2.17. The van der Waals surface area contributed by atoms with Gasteiger partial charge in [-0.05, 0) is 29.7 Å². The van der Waals surface area contributed by atoms with Crippen LogP contribution in [0.15, 0.2) is 61.3 Å². The van der Waals surface area contributed by atoms with E-state index in [1.165, 1.54) is 0 Å². The molecule has 0 saturated heterocycles. The van der Waals surface area contributed by atoms with Crippen molar-refractivity contribution in [2.45, 2.75) is 32.6 Å². The Balaban J connectivity index is 1.63. The van der Waals surface area contributed by atoms with Crippen LogP contribution in [-0.4, -0.2) is 25.3 Å². The topological polar surface area (TPSA) is 60.7 Å². The van der Waals surface area contributed by atoms with E-state index in [2.05, 4.69) is 53.9 Å². The minimum absolute atomic E-state index is 0.0486. The van der Waals surface area contributed by atoms with Crippen LogP contribution in [0.25, 0.3) is 22.0 Å². The summed E-state index contributed by atoms with van der Waals surface area (Å²) < 4.78 is 1.99. The Kier molecular flexibility index (Phi) is 4.74. The van der Waals surface area contributed by atoms with Crippen LogP contribution in [0.2, 0.25) is 0 Å². The number of imidazole rings is 1. The summed E-state index contributed by atoms with van der Waals surface area (Å²) >= 11 is 0. The second-order valence-electron chi connectivity index (χ2n) is 8.41. The Morgan fingerprint density at radius 1 is 1.00 bits per heavy atom. The van der Waals surface area contributed by atoms with Crippen LogP contribution >= 0.6 is 0 Å². The van der Waals surface area contributed by atoms with Gasteiger partial charge in [0.2, 0.25) is 0 Å². The van der Waals surface area contributed by atoms with Crippen molar-refractivity contribution in [1.82, 2.24) is 19.5 Å². The Labute approximate surface area is 170 Å². The van der Waals surface area contributed by atoms with Gasteiger partial charge in [-0.1, -0.05) is 32.9 Å². The molecule has 0 aliphatic carbocycles. The van der Waals surface area contributed by atoms with Gasteiger partial charge in [-0.3, -0.25) is 14.8 Å². The van der Waals surface area contributed by atoms with E-state index >= 15 is 0 Å². The zero-order valence-corrected chi connectivity index (χ0v) is 17.2. The van der Waals surface area contributed by atoms with E-state index in [0.29, 0.717) is 5.56 Å². The lowest BCUT2D eigenvalue weighted by Crippen LogP contribution is -2.15. The van der Waals surface area contributed by atoms with Crippen LogP contribution < -0.4 is 0 Å². The molecule has 0 aliphatic heterocycles. The summed E-state index contributed by atoms with van der Waals surface area (Å²) in [5.74, 6) is 0.0486. The van der Waals surface area contributed by atoms with Gasteiger partial charge in [0.1, 0.15) is 0 Å². The van der Waals surface area contributed by atoms with Gasteiger partial charge in [-0.2, -0.15) is 0 Å². The minimum Gasteiger partial charge on any atom is -0.334 e. The van der Waals surface area contributed by atoms with E-state index < -0.39 is 0 Å². The molecule has 4 rings (SSSR count). The molecule has 0 aliphatic rings. The van der Waals surface area contributed by atoms with Crippen LogP contribution in [0.3, 0.4) is 0 Å². The van der Waals surface area contributed by atoms with E-state index in [-0.39, 0.29) is 17.6 Å². The van der Waals surface area contributed by atoms with E-state index in [1.807, 2.05) is 36.1 Å². The molecule has 1 aromatic carbocycles. The average Bonchev–Trinajstić information content (AvgIpc) is 3.13. The molecule has 0 amide bonds. The zero-order chi connectivity index (χ0) is 20.6. The van der Waals surface area contributed by atoms with Gasteiger partial charge in [-0.15, -0.1) is 0 Å². The quantitative estimate of drug-likeness (QED) is 0.476. The number of nitrogens with zero attached hydrogens (tertiary/aromatic N) is 4. The molecule has 29 heavy (non-hydrogen) atoms. The molecular formula is C24H24N4O. The molecule has 0 saturated carbocycles. The molecule has 146 valence electrons. The predicted molar refractivity (Wildman–Crippen MR) is 115 cm³/mol. The monoisotopic (exact) mass is 384 g/mol. The average molecular weight is 384 g/mol. The highest BCUT2D eigenvalue weighted by molar-refractivity contribution is 5.98. The number of aromatic nitrogens is 4. The van der Waals surface area contributed by atoms with Gasteiger partial charge in [0.25, 0.3) is 0 Å². The second kappa shape index (κ2) is 7.24. The second-order valence-corrected chi connectivity index (χ2v) is 8.41. The molecule has 0 radical (unpaired) electrons. The van der Waals surface area contributed by atoms with E-state index in [0.717, 1.165) is 33.4 Å². The van der Waals surface area contributed by atoms with Gasteiger partial charge in [-0.25, -0.2) is 4.98 Å². The SMILES string of the molecule is Cn1cncc1-c1ccc2cnc(CC(=O)c3ccnc(C(C)(C)C)c3)cc2c1. The standard InChI is InChI=1S/C24H24N4O/c1-24(2,3)23-11-17(7-8-26-23)22(29)12-20-10-19-9-16(5-6-18(19)13-27-20)21-14-25-15-28(21)4/h5-11,13-15H,12H2,1-4H3. The van der Waals surface area contributed by atoms with Crippen molar-refractivity contribution in [3.63, 3.8) is 0 Å². The number of carbonyl (C=O) groups is 1. The van der Waals surface area contributed by atoms with Crippen LogP contribution in [-0.2, 0) is 18.9 Å². The fraction of sp³-hybridized carbons (Fsp3) is 0.250. The molecular weight excluding hydrogens is 360 g/mol. The lowest BCUT2D eigenvalue weighted by molar-refractivity contribution is 0.0991. The van der Waals surface area contributed by atoms with Crippen molar-refractivity contribution in [3.05, 3.63) is 78.3 Å². The van der Waals surface area contributed by atoms with Gasteiger partial charge in [0, 0.05) is 52.8 Å². The van der Waals surface area contributed by atoms with Crippen molar-refractivity contribution in [2.24, 2.45) is 7.05 Å². The summed E-state index contributed by atoms with van der Waals surface area (Å²) in [7, 11) is 1.98. The molecule has 0 atom stereocenters. The summed E-state index contributed by atoms with van der Waals surface area (Å²) in [5, 5.41) is 2.11. The number of rotatable bonds is 4. The molecule has 0 fully saturated rings. The molecule has 0 bridgehead atoms. The summed E-state index contributed by atoms with van der Waals surface area (Å²) in [6, 6.07) is 11.9. The number of aryl methyl sites for hydroxylation is 1. The number of Topliss-reactive ketones (excluding diaryl/α,β-unsaturated/α-hetero) is 1. The first-order chi connectivity index (χ1) is 13.8. The van der Waals surface area contributed by atoms with Crippen molar-refractivity contribution in [2.75, 3.05) is 0 Å². The maximum Gasteiger partial charge on any atom is 0.168 e. The van der Waals surface area contributed by atoms with Crippen LogP contribution in [0.5, 0.6) is 0 Å². The minimum atomic E-state index is -0.0975. The Hall–Kier alpha value is -3.34. The molecule has 0 unspecified atom stereocenters. The molecule has 5 heteroatoms. The van der Waals surface area contributed by atoms with Crippen molar-refractivity contribution < 1.29 is 4.79 Å². The fourth-order valence-electron chi connectivity index (χ4n) is 3.36. The van der Waals surface area contributed by atoms with Crippen molar-refractivity contribution in [1.29, 1.82) is 0 Å². The third-order valence-corrected chi connectivity index (χ3v) is 5.08. The third kappa shape index (κ3) is 3.94. The van der Waals surface area contributed by atoms with Crippen LogP contribution in [0.1, 0.15) is 42.5 Å². The Morgan fingerprint density at radius 3 is 2.55 bits per heavy atom.